The van der Waals surface area contributed by atoms with Crippen LogP contribution in [0.25, 0.3) is 0 Å². The number of rotatable bonds is 4. The molecule has 1 amide bonds. The summed E-state index contributed by atoms with van der Waals surface area (Å²) >= 11 is 0. The molecule has 4 heteroatoms. The molecule has 0 spiro atoms. The Morgan fingerprint density at radius 2 is 2.25 bits per heavy atom. The first-order valence-electron chi connectivity index (χ1n) is 6.03. The quantitative estimate of drug-likeness (QED) is 0.720. The number of amides is 1. The second kappa shape index (κ2) is 4.84. The molecule has 0 bridgehead atoms. The molecule has 0 radical (unpaired) electrons. The molecule has 2 aliphatic rings. The topological polar surface area (TPSA) is 53.3 Å². The Balaban J connectivity index is 1.96. The van der Waals surface area contributed by atoms with Gasteiger partial charge in [-0.1, -0.05) is 6.92 Å². The van der Waals surface area contributed by atoms with Gasteiger partial charge in [-0.2, -0.15) is 5.26 Å². The van der Waals surface area contributed by atoms with Crippen LogP contribution in [0.5, 0.6) is 0 Å². The van der Waals surface area contributed by atoms with Crippen LogP contribution < -0.4 is 0 Å². The molecule has 1 aliphatic heterocycles. The lowest BCUT2D eigenvalue weighted by atomic mass is 10.0. The molecule has 0 aromatic heterocycles. The van der Waals surface area contributed by atoms with Gasteiger partial charge in [0.1, 0.15) is 6.10 Å². The minimum Gasteiger partial charge on any atom is -0.368 e. The average Bonchev–Trinajstić information content (AvgIpc) is 3.01. The van der Waals surface area contributed by atoms with Crippen LogP contribution in [-0.2, 0) is 9.53 Å². The van der Waals surface area contributed by atoms with E-state index in [4.69, 9.17) is 10.00 Å². The number of hydrogen-bond acceptors (Lipinski definition) is 3. The van der Waals surface area contributed by atoms with Crippen LogP contribution in [0.3, 0.4) is 0 Å². The van der Waals surface area contributed by atoms with Crippen molar-refractivity contribution >= 4 is 5.91 Å². The van der Waals surface area contributed by atoms with Crippen molar-refractivity contribution in [2.75, 3.05) is 13.2 Å². The highest BCUT2D eigenvalue weighted by Gasteiger charge is 2.39. The Morgan fingerprint density at radius 1 is 1.50 bits per heavy atom. The molecule has 1 aliphatic carbocycles. The van der Waals surface area contributed by atoms with Gasteiger partial charge in [0.15, 0.2) is 0 Å². The molecule has 1 heterocycles. The maximum atomic E-state index is 12.2. The highest BCUT2D eigenvalue weighted by atomic mass is 16.5. The SMILES string of the molecule is CC1CCOC1C(=O)N(CCC#N)C1CC1. The molecule has 1 saturated heterocycles. The zero-order chi connectivity index (χ0) is 11.5. The molecule has 0 N–H and O–H groups in total. The van der Waals surface area contributed by atoms with Crippen molar-refractivity contribution in [1.82, 2.24) is 4.90 Å². The summed E-state index contributed by atoms with van der Waals surface area (Å²) in [5.41, 5.74) is 0. The Labute approximate surface area is 96.2 Å². The highest BCUT2D eigenvalue weighted by Crippen LogP contribution is 2.30. The number of carbonyl (C=O) groups is 1. The van der Waals surface area contributed by atoms with E-state index in [0.29, 0.717) is 31.5 Å². The van der Waals surface area contributed by atoms with Gasteiger partial charge >= 0.3 is 0 Å². The lowest BCUT2D eigenvalue weighted by molar-refractivity contribution is -0.143. The Hall–Kier alpha value is -1.08. The van der Waals surface area contributed by atoms with E-state index in [1.807, 2.05) is 4.90 Å². The van der Waals surface area contributed by atoms with Crippen molar-refractivity contribution < 1.29 is 9.53 Å². The Kier molecular flexibility index (Phi) is 3.45. The first-order chi connectivity index (χ1) is 7.74. The van der Waals surface area contributed by atoms with Crippen molar-refractivity contribution in [3.63, 3.8) is 0 Å². The van der Waals surface area contributed by atoms with E-state index in [1.165, 1.54) is 0 Å². The van der Waals surface area contributed by atoms with Crippen molar-refractivity contribution in [2.45, 2.75) is 44.8 Å². The van der Waals surface area contributed by atoms with E-state index < -0.39 is 0 Å². The van der Waals surface area contributed by atoms with Gasteiger partial charge in [0.2, 0.25) is 0 Å². The molecular weight excluding hydrogens is 204 g/mol. The summed E-state index contributed by atoms with van der Waals surface area (Å²) in [6.45, 7) is 3.31. The number of carbonyl (C=O) groups excluding carboxylic acids is 1. The summed E-state index contributed by atoms with van der Waals surface area (Å²) < 4.78 is 5.49. The van der Waals surface area contributed by atoms with Crippen molar-refractivity contribution in [2.24, 2.45) is 5.92 Å². The predicted molar refractivity (Wildman–Crippen MR) is 58.5 cm³/mol. The zero-order valence-electron chi connectivity index (χ0n) is 9.69. The fourth-order valence-corrected chi connectivity index (χ4v) is 2.20. The van der Waals surface area contributed by atoms with Crippen molar-refractivity contribution in [3.05, 3.63) is 0 Å². The van der Waals surface area contributed by atoms with E-state index in [1.54, 1.807) is 0 Å². The molecule has 4 nitrogen and oxygen atoms in total. The summed E-state index contributed by atoms with van der Waals surface area (Å²) in [6, 6.07) is 2.48. The van der Waals surface area contributed by atoms with E-state index in [-0.39, 0.29) is 12.0 Å². The fourth-order valence-electron chi connectivity index (χ4n) is 2.20. The van der Waals surface area contributed by atoms with Gasteiger partial charge in [-0.05, 0) is 25.2 Å². The van der Waals surface area contributed by atoms with E-state index in [9.17, 15) is 4.79 Å². The third-order valence-electron chi connectivity index (χ3n) is 3.37. The summed E-state index contributed by atoms with van der Waals surface area (Å²) in [5.74, 6) is 0.415. The van der Waals surface area contributed by atoms with E-state index >= 15 is 0 Å². The molecule has 2 rings (SSSR count). The predicted octanol–water partition coefficient (Wildman–Crippen LogP) is 1.32. The molecule has 0 aromatic carbocycles. The van der Waals surface area contributed by atoms with Gasteiger partial charge in [0, 0.05) is 19.2 Å². The van der Waals surface area contributed by atoms with Crippen LogP contribution in [0.1, 0.15) is 32.6 Å². The molecule has 16 heavy (non-hydrogen) atoms. The van der Waals surface area contributed by atoms with E-state index in [2.05, 4.69) is 13.0 Å². The van der Waals surface area contributed by atoms with Crippen molar-refractivity contribution in [3.8, 4) is 6.07 Å². The Bertz CT molecular complexity index is 307. The minimum absolute atomic E-state index is 0.0998. The van der Waals surface area contributed by atoms with Crippen LogP contribution in [0, 0.1) is 17.2 Å². The molecular formula is C12H18N2O2. The van der Waals surface area contributed by atoms with Gasteiger partial charge in [-0.25, -0.2) is 0 Å². The maximum Gasteiger partial charge on any atom is 0.252 e. The second-order valence-electron chi connectivity index (χ2n) is 4.73. The molecule has 2 unspecified atom stereocenters. The van der Waals surface area contributed by atoms with Crippen LogP contribution in [-0.4, -0.2) is 36.1 Å². The maximum absolute atomic E-state index is 12.2. The van der Waals surface area contributed by atoms with Crippen LogP contribution in [0.2, 0.25) is 0 Å². The molecule has 0 aromatic rings. The first-order valence-corrected chi connectivity index (χ1v) is 6.03. The van der Waals surface area contributed by atoms with Gasteiger partial charge in [0.25, 0.3) is 5.91 Å². The normalized spacial score (nSPS) is 28.8. The largest absolute Gasteiger partial charge is 0.368 e. The average molecular weight is 222 g/mol. The van der Waals surface area contributed by atoms with Gasteiger partial charge in [0.05, 0.1) is 12.5 Å². The fraction of sp³-hybridized carbons (Fsp3) is 0.833. The van der Waals surface area contributed by atoms with Crippen LogP contribution >= 0.6 is 0 Å². The summed E-state index contributed by atoms with van der Waals surface area (Å²) in [6.07, 6.45) is 3.28. The summed E-state index contributed by atoms with van der Waals surface area (Å²) in [4.78, 5) is 14.1. The summed E-state index contributed by atoms with van der Waals surface area (Å²) in [7, 11) is 0. The third-order valence-corrected chi connectivity index (χ3v) is 3.37. The first kappa shape index (κ1) is 11.4. The van der Waals surface area contributed by atoms with Crippen molar-refractivity contribution in [1.29, 1.82) is 5.26 Å². The minimum atomic E-state index is -0.265. The Morgan fingerprint density at radius 3 is 2.75 bits per heavy atom. The number of nitrogens with zero attached hydrogens (tertiary/aromatic N) is 2. The molecule has 2 atom stereocenters. The molecule has 1 saturated carbocycles. The smallest absolute Gasteiger partial charge is 0.252 e. The third kappa shape index (κ3) is 2.35. The monoisotopic (exact) mass is 222 g/mol. The van der Waals surface area contributed by atoms with Crippen LogP contribution in [0.15, 0.2) is 0 Å². The number of nitriles is 1. The molecule has 2 fully saturated rings. The lowest BCUT2D eigenvalue weighted by Crippen LogP contribution is -2.43. The van der Waals surface area contributed by atoms with Gasteiger partial charge in [-0.15, -0.1) is 0 Å². The number of hydrogen-bond donors (Lipinski definition) is 0. The summed E-state index contributed by atoms with van der Waals surface area (Å²) in [5, 5.41) is 8.60. The molecule has 88 valence electrons. The number of ether oxygens (including phenoxy) is 1. The lowest BCUT2D eigenvalue weighted by Gasteiger charge is -2.25. The van der Waals surface area contributed by atoms with Crippen LogP contribution in [0.4, 0.5) is 0 Å². The van der Waals surface area contributed by atoms with Gasteiger partial charge < -0.3 is 9.64 Å². The van der Waals surface area contributed by atoms with E-state index in [0.717, 1.165) is 19.3 Å². The van der Waals surface area contributed by atoms with Gasteiger partial charge in [-0.3, -0.25) is 4.79 Å². The second-order valence-corrected chi connectivity index (χ2v) is 4.73. The zero-order valence-corrected chi connectivity index (χ0v) is 9.69. The highest BCUT2D eigenvalue weighted by molar-refractivity contribution is 5.82. The standard InChI is InChI=1S/C12H18N2O2/c1-9-5-8-16-11(9)12(15)14(7-2-6-13)10-3-4-10/h9-11H,2-5,7-8H2,1H3.